The minimum Gasteiger partial charge on any atom is -0.493 e. The zero-order chi connectivity index (χ0) is 15.9. The minimum atomic E-state index is 0.568. The first-order valence-electron chi connectivity index (χ1n) is 7.26. The van der Waals surface area contributed by atoms with Crippen molar-refractivity contribution in [3.8, 4) is 5.75 Å². The Bertz CT molecular complexity index is 731. The van der Waals surface area contributed by atoms with Crippen molar-refractivity contribution in [2.24, 2.45) is 0 Å². The maximum Gasteiger partial charge on any atom is 0.183 e. The predicted molar refractivity (Wildman–Crippen MR) is 94.3 cm³/mol. The molecule has 0 aliphatic heterocycles. The van der Waals surface area contributed by atoms with Crippen LogP contribution in [0, 0.1) is 0 Å². The van der Waals surface area contributed by atoms with Crippen molar-refractivity contribution in [1.29, 1.82) is 0 Å². The Balaban J connectivity index is 1.45. The number of ether oxygens (including phenoxy) is 1. The standard InChI is InChI=1S/C17H16ClN3OS/c18-17-21-12-16(23-17)11-20-14-4-6-15(7-5-14)22-10-8-13-3-1-2-9-19-13/h1-7,9,12,20H,8,10-11H2. The van der Waals surface area contributed by atoms with Crippen LogP contribution in [-0.2, 0) is 13.0 Å². The number of hydrogen-bond acceptors (Lipinski definition) is 5. The molecule has 0 saturated carbocycles. The summed E-state index contributed by atoms with van der Waals surface area (Å²) in [5, 5.41) is 3.33. The monoisotopic (exact) mass is 345 g/mol. The summed E-state index contributed by atoms with van der Waals surface area (Å²) in [5.41, 5.74) is 2.07. The van der Waals surface area contributed by atoms with Crippen molar-refractivity contribution in [2.75, 3.05) is 11.9 Å². The molecule has 0 aliphatic rings. The molecule has 0 fully saturated rings. The number of rotatable bonds is 7. The average molecular weight is 346 g/mol. The van der Waals surface area contributed by atoms with Crippen LogP contribution in [0.15, 0.2) is 54.9 Å². The summed E-state index contributed by atoms with van der Waals surface area (Å²) in [7, 11) is 0. The van der Waals surface area contributed by atoms with Crippen LogP contribution in [-0.4, -0.2) is 16.6 Å². The van der Waals surface area contributed by atoms with Gasteiger partial charge < -0.3 is 10.1 Å². The molecule has 3 rings (SSSR count). The van der Waals surface area contributed by atoms with E-state index in [1.807, 2.05) is 42.5 Å². The van der Waals surface area contributed by atoms with Gasteiger partial charge >= 0.3 is 0 Å². The van der Waals surface area contributed by atoms with Gasteiger partial charge in [-0.15, -0.1) is 11.3 Å². The van der Waals surface area contributed by atoms with Crippen LogP contribution in [0.5, 0.6) is 5.75 Å². The maximum absolute atomic E-state index is 5.81. The Morgan fingerprint density at radius 2 is 1.96 bits per heavy atom. The van der Waals surface area contributed by atoms with Gasteiger partial charge in [0.05, 0.1) is 13.2 Å². The van der Waals surface area contributed by atoms with E-state index in [2.05, 4.69) is 15.3 Å². The van der Waals surface area contributed by atoms with Crippen molar-refractivity contribution < 1.29 is 4.74 Å². The lowest BCUT2D eigenvalue weighted by molar-refractivity contribution is 0.320. The van der Waals surface area contributed by atoms with Gasteiger partial charge in [0.1, 0.15) is 5.75 Å². The van der Waals surface area contributed by atoms with Crippen molar-refractivity contribution in [1.82, 2.24) is 9.97 Å². The lowest BCUT2D eigenvalue weighted by Crippen LogP contribution is -2.03. The van der Waals surface area contributed by atoms with Crippen LogP contribution in [0.1, 0.15) is 10.6 Å². The lowest BCUT2D eigenvalue weighted by atomic mass is 10.3. The third-order valence-corrected chi connectivity index (χ3v) is 4.31. The fraction of sp³-hybridized carbons (Fsp3) is 0.176. The fourth-order valence-electron chi connectivity index (χ4n) is 2.04. The van der Waals surface area contributed by atoms with Crippen molar-refractivity contribution >= 4 is 28.6 Å². The summed E-state index contributed by atoms with van der Waals surface area (Å²) in [4.78, 5) is 9.40. The van der Waals surface area contributed by atoms with Gasteiger partial charge in [0, 0.05) is 35.1 Å². The van der Waals surface area contributed by atoms with E-state index >= 15 is 0 Å². The van der Waals surface area contributed by atoms with E-state index in [-0.39, 0.29) is 0 Å². The zero-order valence-electron chi connectivity index (χ0n) is 12.4. The van der Waals surface area contributed by atoms with Crippen molar-refractivity contribution in [3.63, 3.8) is 0 Å². The highest BCUT2D eigenvalue weighted by Gasteiger charge is 2.00. The number of nitrogens with one attached hydrogen (secondary N) is 1. The molecule has 0 bridgehead atoms. The highest BCUT2D eigenvalue weighted by Crippen LogP contribution is 2.20. The summed E-state index contributed by atoms with van der Waals surface area (Å²) >= 11 is 7.29. The van der Waals surface area contributed by atoms with Crippen LogP contribution >= 0.6 is 22.9 Å². The Morgan fingerprint density at radius 1 is 1.09 bits per heavy atom. The molecule has 1 N–H and O–H groups in total. The fourth-order valence-corrected chi connectivity index (χ4v) is 2.96. The number of halogens is 1. The largest absolute Gasteiger partial charge is 0.493 e. The van der Waals surface area contributed by atoms with Gasteiger partial charge in [-0.3, -0.25) is 4.98 Å². The highest BCUT2D eigenvalue weighted by atomic mass is 35.5. The summed E-state index contributed by atoms with van der Waals surface area (Å²) in [6.07, 6.45) is 4.38. The lowest BCUT2D eigenvalue weighted by Gasteiger charge is -2.08. The van der Waals surface area contributed by atoms with E-state index in [0.29, 0.717) is 17.6 Å². The third kappa shape index (κ3) is 4.94. The molecular formula is C17H16ClN3OS. The molecule has 23 heavy (non-hydrogen) atoms. The molecule has 4 nitrogen and oxygen atoms in total. The third-order valence-electron chi connectivity index (χ3n) is 3.20. The van der Waals surface area contributed by atoms with E-state index in [9.17, 15) is 0 Å². The molecule has 118 valence electrons. The Kier molecular flexibility index (Phi) is 5.45. The number of nitrogens with zero attached hydrogens (tertiary/aromatic N) is 2. The molecule has 3 aromatic rings. The van der Waals surface area contributed by atoms with E-state index in [4.69, 9.17) is 16.3 Å². The molecule has 0 unspecified atom stereocenters. The summed E-state index contributed by atoms with van der Waals surface area (Å²) in [6.45, 7) is 1.33. The number of aromatic nitrogens is 2. The van der Waals surface area contributed by atoms with E-state index in [1.165, 1.54) is 11.3 Å². The van der Waals surface area contributed by atoms with Gasteiger partial charge in [-0.05, 0) is 36.4 Å². The summed E-state index contributed by atoms with van der Waals surface area (Å²) < 4.78 is 6.31. The first kappa shape index (κ1) is 15.8. The normalized spacial score (nSPS) is 10.5. The molecule has 2 heterocycles. The Labute approximate surface area is 144 Å². The van der Waals surface area contributed by atoms with Crippen molar-refractivity contribution in [2.45, 2.75) is 13.0 Å². The van der Waals surface area contributed by atoms with Gasteiger partial charge in [0.2, 0.25) is 0 Å². The first-order valence-corrected chi connectivity index (χ1v) is 8.46. The van der Waals surface area contributed by atoms with Gasteiger partial charge in [-0.2, -0.15) is 0 Å². The molecule has 0 saturated heterocycles. The van der Waals surface area contributed by atoms with E-state index in [1.54, 1.807) is 12.4 Å². The Morgan fingerprint density at radius 3 is 2.65 bits per heavy atom. The SMILES string of the molecule is Clc1ncc(CNc2ccc(OCCc3ccccn3)cc2)s1. The van der Waals surface area contributed by atoms with Gasteiger partial charge in [0.25, 0.3) is 0 Å². The van der Waals surface area contributed by atoms with E-state index in [0.717, 1.165) is 28.4 Å². The molecule has 0 atom stereocenters. The van der Waals surface area contributed by atoms with Crippen molar-refractivity contribution in [3.05, 3.63) is 69.9 Å². The van der Waals surface area contributed by atoms with Crippen LogP contribution < -0.4 is 10.1 Å². The number of hydrogen-bond donors (Lipinski definition) is 1. The van der Waals surface area contributed by atoms with Crippen LogP contribution in [0.3, 0.4) is 0 Å². The second-order valence-corrected chi connectivity index (χ2v) is 6.57. The zero-order valence-corrected chi connectivity index (χ0v) is 14.0. The molecule has 6 heteroatoms. The summed E-state index contributed by atoms with van der Waals surface area (Å²) in [6, 6.07) is 13.8. The Hall–Kier alpha value is -2.11. The molecule has 0 amide bonds. The molecule has 0 aliphatic carbocycles. The number of benzene rings is 1. The second kappa shape index (κ2) is 7.94. The number of pyridine rings is 1. The second-order valence-electron chi connectivity index (χ2n) is 4.88. The first-order chi connectivity index (χ1) is 11.3. The summed E-state index contributed by atoms with van der Waals surface area (Å²) in [5.74, 6) is 0.854. The number of anilines is 1. The molecule has 1 aromatic carbocycles. The quantitative estimate of drug-likeness (QED) is 0.688. The van der Waals surface area contributed by atoms with Crippen LogP contribution in [0.4, 0.5) is 5.69 Å². The highest BCUT2D eigenvalue weighted by molar-refractivity contribution is 7.15. The smallest absolute Gasteiger partial charge is 0.183 e. The minimum absolute atomic E-state index is 0.568. The number of thiazole rings is 1. The topological polar surface area (TPSA) is 47.0 Å². The van der Waals surface area contributed by atoms with Gasteiger partial charge in [0.15, 0.2) is 4.47 Å². The van der Waals surface area contributed by atoms with E-state index < -0.39 is 0 Å². The van der Waals surface area contributed by atoms with Crippen LogP contribution in [0.2, 0.25) is 4.47 Å². The van der Waals surface area contributed by atoms with Gasteiger partial charge in [-0.25, -0.2) is 4.98 Å². The molecular weight excluding hydrogens is 330 g/mol. The molecule has 0 radical (unpaired) electrons. The molecule has 2 aromatic heterocycles. The van der Waals surface area contributed by atoms with Crippen LogP contribution in [0.25, 0.3) is 0 Å². The predicted octanol–water partition coefficient (Wildman–Crippen LogP) is 4.43. The maximum atomic E-state index is 5.81. The van der Waals surface area contributed by atoms with Gasteiger partial charge in [-0.1, -0.05) is 17.7 Å². The molecule has 0 spiro atoms. The average Bonchev–Trinajstić information content (AvgIpc) is 3.01.